The Hall–Kier alpha value is -4.64. The number of benzene rings is 2. The molecule has 0 radical (unpaired) electrons. The molecule has 5 aromatic rings. The summed E-state index contributed by atoms with van der Waals surface area (Å²) in [6.07, 6.45) is 5.00. The molecule has 0 spiro atoms. The summed E-state index contributed by atoms with van der Waals surface area (Å²) < 4.78 is 29.3. The number of aromatic hydroxyl groups is 1. The van der Waals surface area contributed by atoms with E-state index in [1.807, 2.05) is 0 Å². The smallest absolute Gasteiger partial charge is 0.240 e. The molecule has 3 aromatic heterocycles. The molecular weight excluding hydrogens is 516 g/mol. The Balaban J connectivity index is 1.46. The van der Waals surface area contributed by atoms with Crippen molar-refractivity contribution in [2.45, 2.75) is 18.8 Å². The van der Waals surface area contributed by atoms with Gasteiger partial charge >= 0.3 is 0 Å². The van der Waals surface area contributed by atoms with E-state index in [-0.39, 0.29) is 34.7 Å². The normalized spacial score (nSPS) is 16.6. The zero-order chi connectivity index (χ0) is 26.8. The van der Waals surface area contributed by atoms with Gasteiger partial charge in [-0.3, -0.25) is 4.79 Å². The van der Waals surface area contributed by atoms with Gasteiger partial charge in [0.1, 0.15) is 40.1 Å². The lowest BCUT2D eigenvalue weighted by Gasteiger charge is -2.23. The van der Waals surface area contributed by atoms with Crippen molar-refractivity contribution < 1.29 is 18.7 Å². The van der Waals surface area contributed by atoms with Crippen LogP contribution in [-0.2, 0) is 16.6 Å². The molecule has 0 fully saturated rings. The number of nitrogen functional groups attached to an aromatic ring is 1. The van der Waals surface area contributed by atoms with Gasteiger partial charge in [-0.15, -0.1) is 0 Å². The molecule has 0 unspecified atom stereocenters. The Morgan fingerprint density at radius 3 is 2.63 bits per heavy atom. The molecule has 0 saturated carbocycles. The average Bonchev–Trinajstić information content (AvgIpc) is 3.43. The van der Waals surface area contributed by atoms with Crippen LogP contribution in [0.1, 0.15) is 29.3 Å². The van der Waals surface area contributed by atoms with Crippen molar-refractivity contribution in [2.75, 3.05) is 11.1 Å². The van der Waals surface area contributed by atoms with Crippen molar-refractivity contribution in [3.63, 3.8) is 0 Å². The molecule has 4 heterocycles. The fourth-order valence-electron chi connectivity index (χ4n) is 4.75. The highest BCUT2D eigenvalue weighted by molar-refractivity contribution is 6.32. The summed E-state index contributed by atoms with van der Waals surface area (Å²) >= 11 is 5.95. The molecule has 1 atom stereocenters. The third-order valence-corrected chi connectivity index (χ3v) is 6.93. The minimum absolute atomic E-state index is 0.0431. The van der Waals surface area contributed by atoms with Crippen LogP contribution in [0.15, 0.2) is 55.0 Å². The number of rotatable bonds is 4. The number of phenols is 1. The molecule has 0 aliphatic carbocycles. The van der Waals surface area contributed by atoms with E-state index in [4.69, 9.17) is 17.3 Å². The molecule has 12 heteroatoms. The van der Waals surface area contributed by atoms with Crippen molar-refractivity contribution in [3.8, 4) is 17.3 Å². The van der Waals surface area contributed by atoms with Crippen molar-refractivity contribution in [1.29, 1.82) is 0 Å². The van der Waals surface area contributed by atoms with Crippen molar-refractivity contribution in [1.82, 2.24) is 24.3 Å². The molecular formula is C26H18ClF2N7O2. The van der Waals surface area contributed by atoms with Crippen LogP contribution in [0.4, 0.5) is 20.4 Å². The molecule has 0 saturated heterocycles. The van der Waals surface area contributed by atoms with Gasteiger partial charge in [-0.25, -0.2) is 28.7 Å². The first-order chi connectivity index (χ1) is 18.1. The average molecular weight is 534 g/mol. The predicted molar refractivity (Wildman–Crippen MR) is 136 cm³/mol. The third kappa shape index (κ3) is 3.70. The number of nitrogens with two attached hydrogens (primary N) is 1. The number of carbonyl (C=O) groups is 1. The van der Waals surface area contributed by atoms with Gasteiger partial charge in [0.2, 0.25) is 5.91 Å². The molecule has 2 aromatic carbocycles. The van der Waals surface area contributed by atoms with Crippen LogP contribution in [0, 0.1) is 11.6 Å². The number of carbonyl (C=O) groups excluding carboxylic acids is 1. The monoisotopic (exact) mass is 533 g/mol. The maximum absolute atomic E-state index is 13.8. The number of phenolic OH excluding ortho intramolecular Hbond substituents is 1. The summed E-state index contributed by atoms with van der Waals surface area (Å²) in [5.74, 6) is -1.59. The van der Waals surface area contributed by atoms with E-state index in [9.17, 15) is 18.7 Å². The quantitative estimate of drug-likeness (QED) is 0.314. The Labute approximate surface area is 219 Å². The number of nitrogens with one attached hydrogen (secondary N) is 1. The Kier molecular flexibility index (Phi) is 5.28. The van der Waals surface area contributed by atoms with E-state index in [0.717, 1.165) is 6.07 Å². The largest absolute Gasteiger partial charge is 0.506 e. The first-order valence-corrected chi connectivity index (χ1v) is 11.8. The second-order valence-corrected chi connectivity index (χ2v) is 9.49. The molecule has 1 aliphatic heterocycles. The van der Waals surface area contributed by atoms with E-state index in [1.54, 1.807) is 36.0 Å². The van der Waals surface area contributed by atoms with Gasteiger partial charge < -0.3 is 20.6 Å². The molecule has 4 N–H and O–H groups in total. The summed E-state index contributed by atoms with van der Waals surface area (Å²) in [6, 6.07) is 7.77. The highest BCUT2D eigenvalue weighted by Crippen LogP contribution is 2.46. The van der Waals surface area contributed by atoms with Crippen LogP contribution in [0.5, 0.6) is 5.75 Å². The molecule has 9 nitrogen and oxygen atoms in total. The molecule has 1 aliphatic rings. The summed E-state index contributed by atoms with van der Waals surface area (Å²) in [7, 11) is 0. The number of nitrogens with zero attached hydrogens (tertiary/aromatic N) is 5. The van der Waals surface area contributed by atoms with Crippen molar-refractivity contribution in [2.24, 2.45) is 0 Å². The van der Waals surface area contributed by atoms with Crippen LogP contribution in [0.2, 0.25) is 5.02 Å². The topological polar surface area (TPSA) is 131 Å². The van der Waals surface area contributed by atoms with Gasteiger partial charge in [-0.2, -0.15) is 0 Å². The lowest BCUT2D eigenvalue weighted by atomic mass is 9.77. The van der Waals surface area contributed by atoms with Gasteiger partial charge in [-0.1, -0.05) is 17.7 Å². The van der Waals surface area contributed by atoms with E-state index in [1.165, 1.54) is 24.3 Å². The van der Waals surface area contributed by atoms with Gasteiger partial charge in [0.05, 0.1) is 16.3 Å². The summed E-state index contributed by atoms with van der Waals surface area (Å²) in [4.78, 5) is 31.1. The second-order valence-electron chi connectivity index (χ2n) is 9.09. The van der Waals surface area contributed by atoms with Crippen LogP contribution < -0.4 is 11.1 Å². The Morgan fingerprint density at radius 2 is 1.89 bits per heavy atom. The minimum atomic E-state index is -1.28. The molecule has 0 bridgehead atoms. The lowest BCUT2D eigenvalue weighted by Crippen LogP contribution is -2.32. The molecule has 190 valence electrons. The SMILES string of the molecule is C[C@@]1(c2ccc(Cl)c(O)c2)C(=O)Nc2nc(-c3cn4ccnc4c(Cc4cc(F)cc(F)c4)n3)nc(N)c21. The van der Waals surface area contributed by atoms with E-state index < -0.39 is 23.0 Å². The Morgan fingerprint density at radius 1 is 1.13 bits per heavy atom. The third-order valence-electron chi connectivity index (χ3n) is 6.61. The van der Waals surface area contributed by atoms with Crippen LogP contribution in [0.25, 0.3) is 17.2 Å². The number of anilines is 2. The number of hydrogen-bond donors (Lipinski definition) is 3. The van der Waals surface area contributed by atoms with Gasteiger partial charge in [0, 0.05) is 31.1 Å². The van der Waals surface area contributed by atoms with E-state index in [2.05, 4.69) is 25.3 Å². The number of halogens is 3. The predicted octanol–water partition coefficient (Wildman–Crippen LogP) is 4.25. The van der Waals surface area contributed by atoms with E-state index >= 15 is 0 Å². The summed E-state index contributed by atoms with van der Waals surface area (Å²) in [5.41, 5.74) is 7.53. The molecule has 1 amide bonds. The first kappa shape index (κ1) is 23.7. The zero-order valence-electron chi connectivity index (χ0n) is 19.7. The van der Waals surface area contributed by atoms with Gasteiger partial charge in [0.25, 0.3) is 0 Å². The Bertz CT molecular complexity index is 1770. The number of hydrogen-bond acceptors (Lipinski definition) is 7. The fourth-order valence-corrected chi connectivity index (χ4v) is 4.87. The van der Waals surface area contributed by atoms with Crippen molar-refractivity contribution >= 4 is 34.8 Å². The summed E-state index contributed by atoms with van der Waals surface area (Å²) in [6.45, 7) is 1.66. The number of fused-ring (bicyclic) bond motifs is 2. The maximum Gasteiger partial charge on any atom is 0.240 e. The van der Waals surface area contributed by atoms with Crippen LogP contribution >= 0.6 is 11.6 Å². The number of imidazole rings is 1. The molecule has 38 heavy (non-hydrogen) atoms. The first-order valence-electron chi connectivity index (χ1n) is 11.4. The fraction of sp³-hybridized carbons (Fsp3) is 0.115. The number of aromatic nitrogens is 5. The second kappa shape index (κ2) is 8.45. The summed E-state index contributed by atoms with van der Waals surface area (Å²) in [5, 5.41) is 13.0. The van der Waals surface area contributed by atoms with Gasteiger partial charge in [0.15, 0.2) is 11.5 Å². The highest BCUT2D eigenvalue weighted by Gasteiger charge is 2.47. The number of amides is 1. The standard InChI is InChI=1S/C26H18ClF2N7O2/c1-26(13-2-3-16(27)19(37)9-13)20-21(30)33-22(34-23(20)35-25(26)38)18-11-36-5-4-31-24(36)17(32-18)8-12-6-14(28)10-15(29)7-12/h2-7,9-11,37H,8H2,1H3,(H3,30,33,34,35,38)/t26-/m0/s1. The highest BCUT2D eigenvalue weighted by atomic mass is 35.5. The van der Waals surface area contributed by atoms with Gasteiger partial charge in [-0.05, 0) is 42.3 Å². The van der Waals surface area contributed by atoms with Crippen molar-refractivity contribution in [3.05, 3.63) is 94.0 Å². The minimum Gasteiger partial charge on any atom is -0.506 e. The lowest BCUT2D eigenvalue weighted by molar-refractivity contribution is -0.119. The van der Waals surface area contributed by atoms with Crippen LogP contribution in [0.3, 0.4) is 0 Å². The van der Waals surface area contributed by atoms with E-state index in [0.29, 0.717) is 33.7 Å². The molecule has 6 rings (SSSR count). The van der Waals surface area contributed by atoms with Crippen LogP contribution in [-0.4, -0.2) is 35.4 Å². The zero-order valence-corrected chi connectivity index (χ0v) is 20.5. The maximum atomic E-state index is 13.8.